The van der Waals surface area contributed by atoms with E-state index < -0.39 is 11.8 Å². The van der Waals surface area contributed by atoms with Crippen molar-refractivity contribution in [3.05, 3.63) is 36.0 Å². The Hall–Kier alpha value is -2.24. The predicted octanol–water partition coefficient (Wildman–Crippen LogP) is 1.32. The lowest BCUT2D eigenvalue weighted by molar-refractivity contribution is 0.0697. The van der Waals surface area contributed by atoms with Gasteiger partial charge in [0.25, 0.3) is 0 Å². The normalized spacial score (nSPS) is 10.4. The molecule has 0 aliphatic heterocycles. The van der Waals surface area contributed by atoms with Gasteiger partial charge in [-0.05, 0) is 6.07 Å². The largest absolute Gasteiger partial charge is 0.478 e. The number of nitrogens with zero attached hydrogens (tertiary/aromatic N) is 3. The summed E-state index contributed by atoms with van der Waals surface area (Å²) in [5, 5.41) is 8.80. The first kappa shape index (κ1) is 10.3. The van der Waals surface area contributed by atoms with Crippen LogP contribution in [0, 0.1) is 5.82 Å². The van der Waals surface area contributed by atoms with E-state index in [1.54, 1.807) is 11.6 Å². The van der Waals surface area contributed by atoms with Crippen molar-refractivity contribution in [1.29, 1.82) is 0 Å². The molecule has 2 heterocycles. The minimum absolute atomic E-state index is 0.144. The fourth-order valence-electron chi connectivity index (χ4n) is 1.35. The summed E-state index contributed by atoms with van der Waals surface area (Å²) in [6.07, 6.45) is 3.52. The third-order valence-corrected chi connectivity index (χ3v) is 2.10. The van der Waals surface area contributed by atoms with E-state index in [9.17, 15) is 9.18 Å². The molecule has 0 aliphatic rings. The molecule has 2 aromatic heterocycles. The summed E-state index contributed by atoms with van der Waals surface area (Å²) < 4.78 is 14.2. The van der Waals surface area contributed by atoms with Gasteiger partial charge in [0.05, 0.1) is 23.7 Å². The standard InChI is InChI=1S/C10H8FN3O2/c1-14-5-6(10(15)16)2-8(14)9-12-3-7(11)4-13-9/h2-5H,1H3,(H,15,16). The molecule has 0 atom stereocenters. The van der Waals surface area contributed by atoms with Gasteiger partial charge < -0.3 is 9.67 Å². The summed E-state index contributed by atoms with van der Waals surface area (Å²) in [4.78, 5) is 18.3. The van der Waals surface area contributed by atoms with Crippen molar-refractivity contribution in [2.75, 3.05) is 0 Å². The molecule has 0 amide bonds. The van der Waals surface area contributed by atoms with Crippen molar-refractivity contribution < 1.29 is 14.3 Å². The number of aryl methyl sites for hydroxylation is 1. The van der Waals surface area contributed by atoms with Crippen molar-refractivity contribution in [3.8, 4) is 11.5 Å². The Morgan fingerprint density at radius 3 is 2.56 bits per heavy atom. The van der Waals surface area contributed by atoms with Gasteiger partial charge in [-0.1, -0.05) is 0 Å². The number of halogens is 1. The molecular formula is C10H8FN3O2. The third kappa shape index (κ3) is 1.77. The Labute approximate surface area is 90.2 Å². The van der Waals surface area contributed by atoms with Gasteiger partial charge >= 0.3 is 5.97 Å². The van der Waals surface area contributed by atoms with Crippen LogP contribution in [0.1, 0.15) is 10.4 Å². The van der Waals surface area contributed by atoms with Crippen molar-refractivity contribution >= 4 is 5.97 Å². The fourth-order valence-corrected chi connectivity index (χ4v) is 1.35. The molecule has 0 spiro atoms. The van der Waals surface area contributed by atoms with Crippen LogP contribution >= 0.6 is 0 Å². The molecule has 1 N–H and O–H groups in total. The summed E-state index contributed by atoms with van der Waals surface area (Å²) in [5.41, 5.74) is 0.669. The fraction of sp³-hybridized carbons (Fsp3) is 0.100. The topological polar surface area (TPSA) is 68.0 Å². The highest BCUT2D eigenvalue weighted by atomic mass is 19.1. The van der Waals surface area contributed by atoms with Crippen LogP contribution in [-0.2, 0) is 7.05 Å². The van der Waals surface area contributed by atoms with Crippen LogP contribution < -0.4 is 0 Å². The van der Waals surface area contributed by atoms with Crippen molar-refractivity contribution in [1.82, 2.24) is 14.5 Å². The summed E-state index contributed by atoms with van der Waals surface area (Å²) in [7, 11) is 1.68. The van der Waals surface area contributed by atoms with E-state index in [1.807, 2.05) is 0 Å². The zero-order chi connectivity index (χ0) is 11.7. The number of carboxylic acid groups (broad SMARTS) is 1. The van der Waals surface area contributed by atoms with Gasteiger partial charge in [-0.15, -0.1) is 0 Å². The number of hydrogen-bond acceptors (Lipinski definition) is 3. The van der Waals surface area contributed by atoms with Gasteiger partial charge in [0.1, 0.15) is 0 Å². The van der Waals surface area contributed by atoms with Gasteiger partial charge in [0, 0.05) is 13.2 Å². The van der Waals surface area contributed by atoms with Crippen LogP contribution in [-0.4, -0.2) is 25.6 Å². The maximum absolute atomic E-state index is 12.6. The monoisotopic (exact) mass is 221 g/mol. The second-order valence-electron chi connectivity index (χ2n) is 3.25. The number of aromatic carboxylic acids is 1. The summed E-state index contributed by atoms with van der Waals surface area (Å²) in [6, 6.07) is 1.44. The Bertz CT molecular complexity index is 533. The number of rotatable bonds is 2. The minimum atomic E-state index is -1.02. The number of hydrogen-bond donors (Lipinski definition) is 1. The summed E-state index contributed by atoms with van der Waals surface area (Å²) in [6.45, 7) is 0. The van der Waals surface area contributed by atoms with Crippen LogP contribution in [0.4, 0.5) is 4.39 Å². The van der Waals surface area contributed by atoms with E-state index in [0.717, 1.165) is 12.4 Å². The van der Waals surface area contributed by atoms with Gasteiger partial charge in [-0.3, -0.25) is 0 Å². The molecule has 2 aromatic rings. The lowest BCUT2D eigenvalue weighted by Crippen LogP contribution is -1.95. The maximum Gasteiger partial charge on any atom is 0.337 e. The Morgan fingerprint density at radius 2 is 2.06 bits per heavy atom. The first-order valence-corrected chi connectivity index (χ1v) is 4.45. The van der Waals surface area contributed by atoms with Crippen molar-refractivity contribution in [2.24, 2.45) is 7.05 Å². The molecule has 0 aromatic carbocycles. The number of carboxylic acids is 1. The van der Waals surface area contributed by atoms with Gasteiger partial charge in [-0.2, -0.15) is 0 Å². The predicted molar refractivity (Wildman–Crippen MR) is 53.4 cm³/mol. The van der Waals surface area contributed by atoms with E-state index >= 15 is 0 Å². The van der Waals surface area contributed by atoms with Crippen LogP contribution in [0.25, 0.3) is 11.5 Å². The van der Waals surface area contributed by atoms with E-state index in [1.165, 1.54) is 12.3 Å². The highest BCUT2D eigenvalue weighted by molar-refractivity contribution is 5.89. The average Bonchev–Trinajstić information content (AvgIpc) is 2.62. The zero-order valence-corrected chi connectivity index (χ0v) is 8.38. The molecule has 82 valence electrons. The highest BCUT2D eigenvalue weighted by Crippen LogP contribution is 2.17. The minimum Gasteiger partial charge on any atom is -0.478 e. The van der Waals surface area contributed by atoms with Crippen molar-refractivity contribution in [2.45, 2.75) is 0 Å². The molecule has 0 saturated heterocycles. The second kappa shape index (κ2) is 3.73. The molecule has 16 heavy (non-hydrogen) atoms. The van der Waals surface area contributed by atoms with Crippen molar-refractivity contribution in [3.63, 3.8) is 0 Å². The quantitative estimate of drug-likeness (QED) is 0.830. The first-order chi connectivity index (χ1) is 7.58. The SMILES string of the molecule is Cn1cc(C(=O)O)cc1-c1ncc(F)cn1. The molecule has 6 heteroatoms. The molecule has 0 unspecified atom stereocenters. The molecule has 0 saturated carbocycles. The van der Waals surface area contributed by atoms with E-state index in [2.05, 4.69) is 9.97 Å². The van der Waals surface area contributed by atoms with Crippen LogP contribution in [0.3, 0.4) is 0 Å². The van der Waals surface area contributed by atoms with Crippen LogP contribution in [0.5, 0.6) is 0 Å². The molecular weight excluding hydrogens is 213 g/mol. The van der Waals surface area contributed by atoms with E-state index in [4.69, 9.17) is 5.11 Å². The summed E-state index contributed by atoms with van der Waals surface area (Å²) >= 11 is 0. The van der Waals surface area contributed by atoms with Crippen LogP contribution in [0.2, 0.25) is 0 Å². The number of carbonyl (C=O) groups is 1. The zero-order valence-electron chi connectivity index (χ0n) is 8.38. The Balaban J connectivity index is 2.47. The lowest BCUT2D eigenvalue weighted by Gasteiger charge is -1.99. The van der Waals surface area contributed by atoms with Gasteiger partial charge in [0.2, 0.25) is 0 Å². The molecule has 0 fully saturated rings. The molecule has 5 nitrogen and oxygen atoms in total. The van der Waals surface area contributed by atoms with Crippen LogP contribution in [0.15, 0.2) is 24.7 Å². The smallest absolute Gasteiger partial charge is 0.337 e. The third-order valence-electron chi connectivity index (χ3n) is 2.10. The first-order valence-electron chi connectivity index (χ1n) is 4.45. The maximum atomic E-state index is 12.6. The lowest BCUT2D eigenvalue weighted by atomic mass is 10.3. The molecule has 0 radical (unpaired) electrons. The average molecular weight is 221 g/mol. The molecule has 2 rings (SSSR count). The molecule has 0 aliphatic carbocycles. The highest BCUT2D eigenvalue weighted by Gasteiger charge is 2.12. The Morgan fingerprint density at radius 1 is 1.44 bits per heavy atom. The van der Waals surface area contributed by atoms with E-state index in [0.29, 0.717) is 5.69 Å². The summed E-state index contributed by atoms with van der Waals surface area (Å²) in [5.74, 6) is -1.27. The van der Waals surface area contributed by atoms with Gasteiger partial charge in [-0.25, -0.2) is 19.2 Å². The number of aromatic nitrogens is 3. The second-order valence-corrected chi connectivity index (χ2v) is 3.25. The van der Waals surface area contributed by atoms with E-state index in [-0.39, 0.29) is 11.4 Å². The Kier molecular flexibility index (Phi) is 2.40. The van der Waals surface area contributed by atoms with Gasteiger partial charge in [0.15, 0.2) is 11.6 Å². The molecule has 0 bridgehead atoms.